The van der Waals surface area contributed by atoms with Crippen LogP contribution in [0.15, 0.2) is 54.6 Å². The molecule has 0 saturated carbocycles. The van der Waals surface area contributed by atoms with Gasteiger partial charge in [0.05, 0.1) is 18.3 Å². The van der Waals surface area contributed by atoms with Crippen molar-refractivity contribution in [2.24, 2.45) is 0 Å². The molecule has 0 saturated heterocycles. The molecule has 1 aromatic heterocycles. The zero-order chi connectivity index (χ0) is 34.2. The molecule has 4 rings (SSSR count). The SMILES string of the molecule is CC(C)c1cccc(C(C)C)c1-n1c(Cl)c(Cl)n(-c2c(C(C)C)cccc2C(C)C)c1=PP(Cl)c1c(C(C)C)cccc1C(C)C. The number of para-hydroxylation sites is 2. The van der Waals surface area contributed by atoms with Gasteiger partial charge in [0, 0.05) is 5.30 Å². The minimum atomic E-state index is -1.19. The van der Waals surface area contributed by atoms with Gasteiger partial charge in [-0.15, -0.1) is 0 Å². The summed E-state index contributed by atoms with van der Waals surface area (Å²) in [5, 5.41) is 3.32. The van der Waals surface area contributed by atoms with Crippen LogP contribution in [0.5, 0.6) is 0 Å². The molecule has 0 amide bonds. The Morgan fingerprint density at radius 3 is 1.00 bits per heavy atom. The van der Waals surface area contributed by atoms with Gasteiger partial charge in [-0.25, -0.2) is 0 Å². The lowest BCUT2D eigenvalue weighted by Crippen LogP contribution is -2.14. The first-order chi connectivity index (χ1) is 21.6. The van der Waals surface area contributed by atoms with Crippen molar-refractivity contribution in [2.75, 3.05) is 0 Å². The predicted octanol–water partition coefficient (Wildman–Crippen LogP) is 14.7. The summed E-state index contributed by atoms with van der Waals surface area (Å²) in [6.07, 6.45) is 0. The van der Waals surface area contributed by atoms with E-state index in [1.165, 1.54) is 38.7 Å². The average molecular weight is 716 g/mol. The molecular weight excluding hydrogens is 665 g/mol. The van der Waals surface area contributed by atoms with Crippen molar-refractivity contribution in [3.8, 4) is 11.4 Å². The van der Waals surface area contributed by atoms with E-state index in [0.717, 1.165) is 24.5 Å². The van der Waals surface area contributed by atoms with Gasteiger partial charge in [-0.2, -0.15) is 0 Å². The second-order valence-electron chi connectivity index (χ2n) is 14.2. The quantitative estimate of drug-likeness (QED) is 0.145. The Balaban J connectivity index is 2.31. The molecule has 0 fully saturated rings. The lowest BCUT2D eigenvalue weighted by Gasteiger charge is -2.24. The van der Waals surface area contributed by atoms with Crippen LogP contribution in [0, 0.1) is 5.20 Å². The van der Waals surface area contributed by atoms with Crippen molar-refractivity contribution in [1.82, 2.24) is 9.13 Å². The Morgan fingerprint density at radius 2 is 0.739 bits per heavy atom. The summed E-state index contributed by atoms with van der Waals surface area (Å²) in [5.74, 6) is 1.83. The first-order valence-electron chi connectivity index (χ1n) is 16.7. The fraction of sp³-hybridized carbons (Fsp3) is 0.462. The summed E-state index contributed by atoms with van der Waals surface area (Å²) < 4.78 is 4.48. The highest BCUT2D eigenvalue weighted by molar-refractivity contribution is 8.34. The van der Waals surface area contributed by atoms with E-state index in [2.05, 4.69) is 147 Å². The number of halogens is 3. The fourth-order valence-electron chi connectivity index (χ4n) is 6.34. The van der Waals surface area contributed by atoms with Gasteiger partial charge in [-0.1, -0.05) is 172 Å². The maximum Gasteiger partial charge on any atom is 0.153 e. The predicted molar refractivity (Wildman–Crippen MR) is 209 cm³/mol. The third kappa shape index (κ3) is 7.24. The monoisotopic (exact) mass is 714 g/mol. The summed E-state index contributed by atoms with van der Waals surface area (Å²) in [6.45, 7) is 25.9. The Kier molecular flexibility index (Phi) is 12.4. The summed E-state index contributed by atoms with van der Waals surface area (Å²) in [6, 6.07) is 20.0. The van der Waals surface area contributed by atoms with E-state index in [1.807, 2.05) is 0 Å². The number of benzene rings is 3. The average Bonchev–Trinajstić information content (AvgIpc) is 3.23. The van der Waals surface area contributed by atoms with Crippen LogP contribution >= 0.6 is 49.3 Å². The fourth-order valence-corrected chi connectivity index (χ4v) is 12.1. The van der Waals surface area contributed by atoms with E-state index < -0.39 is 6.96 Å². The molecule has 2 nitrogen and oxygen atoms in total. The number of rotatable bonds is 10. The van der Waals surface area contributed by atoms with E-state index in [-0.39, 0.29) is 23.7 Å². The zero-order valence-electron chi connectivity index (χ0n) is 29.6. The lowest BCUT2D eigenvalue weighted by molar-refractivity contribution is 0.785. The second-order valence-corrected chi connectivity index (χ2v) is 20.0. The molecule has 0 spiro atoms. The van der Waals surface area contributed by atoms with E-state index in [1.54, 1.807) is 0 Å². The van der Waals surface area contributed by atoms with E-state index >= 15 is 0 Å². The molecule has 0 aliphatic rings. The maximum atomic E-state index is 7.77. The smallest absolute Gasteiger partial charge is 0.153 e. The zero-order valence-corrected chi connectivity index (χ0v) is 33.6. The minimum Gasteiger partial charge on any atom is -0.279 e. The van der Waals surface area contributed by atoms with Gasteiger partial charge in [0.25, 0.3) is 0 Å². The second kappa shape index (κ2) is 15.3. The molecule has 0 radical (unpaired) electrons. The summed E-state index contributed by atoms with van der Waals surface area (Å²) >= 11 is 22.7. The van der Waals surface area contributed by atoms with Crippen LogP contribution in [-0.4, -0.2) is 9.13 Å². The third-order valence-electron chi connectivity index (χ3n) is 8.80. The van der Waals surface area contributed by atoms with Crippen molar-refractivity contribution in [3.63, 3.8) is 0 Å². The Morgan fingerprint density at radius 1 is 0.478 bits per heavy atom. The minimum absolute atomic E-state index is 0.282. The van der Waals surface area contributed by atoms with Crippen molar-refractivity contribution in [1.29, 1.82) is 0 Å². The van der Waals surface area contributed by atoms with Gasteiger partial charge in [-0.3, -0.25) is 9.13 Å². The number of nitrogens with zero attached hydrogens (tertiary/aromatic N) is 2. The molecule has 0 N–H and O–H groups in total. The largest absolute Gasteiger partial charge is 0.279 e. The summed E-state index contributed by atoms with van der Waals surface area (Å²) in [7, 11) is 0.977. The van der Waals surface area contributed by atoms with Crippen molar-refractivity contribution < 1.29 is 0 Å². The van der Waals surface area contributed by atoms with Gasteiger partial charge in [0.2, 0.25) is 0 Å². The van der Waals surface area contributed by atoms with Gasteiger partial charge in [0.1, 0.15) is 0 Å². The lowest BCUT2D eigenvalue weighted by atomic mass is 9.92. The number of imidazole rings is 1. The van der Waals surface area contributed by atoms with Crippen LogP contribution in [-0.2, 0) is 0 Å². The van der Waals surface area contributed by atoms with E-state index in [9.17, 15) is 0 Å². The number of hydrogen-bond donors (Lipinski definition) is 0. The normalized spacial score (nSPS) is 13.1. The maximum absolute atomic E-state index is 7.77. The van der Waals surface area contributed by atoms with Crippen LogP contribution in [0.2, 0.25) is 10.3 Å². The molecule has 4 aromatic rings. The van der Waals surface area contributed by atoms with Crippen LogP contribution in [0.4, 0.5) is 0 Å². The Labute approximate surface area is 295 Å². The Hall–Kier alpha value is -1.53. The molecule has 3 aromatic carbocycles. The third-order valence-corrected chi connectivity index (χ3v) is 14.1. The van der Waals surface area contributed by atoms with Crippen molar-refractivity contribution >= 4 is 54.6 Å². The highest BCUT2D eigenvalue weighted by Crippen LogP contribution is 2.58. The van der Waals surface area contributed by atoms with Crippen molar-refractivity contribution in [3.05, 3.63) is 103 Å². The molecule has 0 aliphatic heterocycles. The molecular formula is C39H51Cl3N2P2. The summed E-state index contributed by atoms with van der Waals surface area (Å²) in [5.41, 5.74) is 9.85. The molecule has 46 heavy (non-hydrogen) atoms. The van der Waals surface area contributed by atoms with E-state index in [0.29, 0.717) is 22.1 Å². The van der Waals surface area contributed by atoms with Crippen LogP contribution < -0.4 is 5.30 Å². The highest BCUT2D eigenvalue weighted by atomic mass is 35.7. The Bertz CT molecular complexity index is 1590. The molecule has 248 valence electrons. The molecule has 7 heteroatoms. The first kappa shape index (κ1) is 37.3. The van der Waals surface area contributed by atoms with E-state index in [4.69, 9.17) is 34.4 Å². The first-order valence-corrected chi connectivity index (χ1v) is 21.3. The standard InChI is InChI=1S/C39H51Cl3N2P2/c1-22(2)28-16-13-17-29(23(3)4)34(28)43-37(40)38(41)44(35-30(24(5)6)18-14-19-31(35)25(7)8)39(43)45-46(42)36-32(26(9)10)20-15-21-33(36)27(11)12/h13-27H,1-12H3. The molecule has 1 unspecified atom stereocenters. The van der Waals surface area contributed by atoms with Gasteiger partial charge >= 0.3 is 0 Å². The van der Waals surface area contributed by atoms with Crippen LogP contribution in [0.1, 0.15) is 152 Å². The molecule has 0 bridgehead atoms. The number of aromatic nitrogens is 2. The van der Waals surface area contributed by atoms with Crippen LogP contribution in [0.25, 0.3) is 11.4 Å². The topological polar surface area (TPSA) is 9.86 Å². The van der Waals surface area contributed by atoms with Crippen molar-refractivity contribution in [2.45, 2.75) is 119 Å². The van der Waals surface area contributed by atoms with Crippen LogP contribution in [0.3, 0.4) is 0 Å². The van der Waals surface area contributed by atoms with Gasteiger partial charge in [-0.05, 0) is 76.8 Å². The number of hydrogen-bond acceptors (Lipinski definition) is 0. The van der Waals surface area contributed by atoms with Gasteiger partial charge < -0.3 is 0 Å². The molecule has 1 atom stereocenters. The summed E-state index contributed by atoms with van der Waals surface area (Å²) in [4.78, 5) is 0. The molecule has 0 aliphatic carbocycles. The highest BCUT2D eigenvalue weighted by Gasteiger charge is 2.28. The molecule has 1 heterocycles. The van der Waals surface area contributed by atoms with Gasteiger partial charge in [0.15, 0.2) is 15.5 Å².